The summed E-state index contributed by atoms with van der Waals surface area (Å²) in [4.78, 5) is 26.6. The standard InChI is InChI=1S/C17H22N4O4S/c1-3-20-10-14(9-18-20)15-12-26(24,25)8-7-21(15)16(22)11-19-6-4-5-13(2)17(19)23/h4-6,9-10,15H,3,7-8,11-12H2,1-2H3/t15-/m1/s1. The Morgan fingerprint density at radius 2 is 2.15 bits per heavy atom. The first-order valence-corrected chi connectivity index (χ1v) is 10.3. The van der Waals surface area contributed by atoms with Crippen LogP contribution >= 0.6 is 0 Å². The van der Waals surface area contributed by atoms with Crippen LogP contribution < -0.4 is 5.56 Å². The maximum atomic E-state index is 12.8. The van der Waals surface area contributed by atoms with Crippen molar-refractivity contribution in [2.45, 2.75) is 33.0 Å². The van der Waals surface area contributed by atoms with Gasteiger partial charge in [0.05, 0.1) is 23.7 Å². The highest BCUT2D eigenvalue weighted by molar-refractivity contribution is 7.91. The van der Waals surface area contributed by atoms with Crippen LogP contribution in [0.1, 0.15) is 24.1 Å². The second-order valence-electron chi connectivity index (χ2n) is 6.47. The molecule has 2 aromatic rings. The fourth-order valence-corrected chi connectivity index (χ4v) is 4.62. The van der Waals surface area contributed by atoms with Crippen LogP contribution in [0, 0.1) is 6.92 Å². The number of pyridine rings is 1. The van der Waals surface area contributed by atoms with Crippen LogP contribution in [0.5, 0.6) is 0 Å². The second kappa shape index (κ2) is 7.06. The van der Waals surface area contributed by atoms with Crippen molar-refractivity contribution >= 4 is 15.7 Å². The molecule has 0 aliphatic carbocycles. The van der Waals surface area contributed by atoms with Crippen LogP contribution in [0.4, 0.5) is 0 Å². The molecule has 1 aliphatic rings. The van der Waals surface area contributed by atoms with Crippen molar-refractivity contribution < 1.29 is 13.2 Å². The number of carbonyl (C=O) groups excluding carboxylic acids is 1. The molecule has 0 unspecified atom stereocenters. The van der Waals surface area contributed by atoms with E-state index in [2.05, 4.69) is 5.10 Å². The summed E-state index contributed by atoms with van der Waals surface area (Å²) in [5, 5.41) is 4.19. The highest BCUT2D eigenvalue weighted by atomic mass is 32.2. The van der Waals surface area contributed by atoms with Crippen molar-refractivity contribution in [3.63, 3.8) is 0 Å². The number of hydrogen-bond acceptors (Lipinski definition) is 5. The van der Waals surface area contributed by atoms with Gasteiger partial charge in [-0.1, -0.05) is 6.07 Å². The van der Waals surface area contributed by atoms with E-state index in [0.29, 0.717) is 17.7 Å². The van der Waals surface area contributed by atoms with E-state index in [1.807, 2.05) is 6.92 Å². The van der Waals surface area contributed by atoms with E-state index in [4.69, 9.17) is 0 Å². The average Bonchev–Trinajstić information content (AvgIpc) is 3.07. The Morgan fingerprint density at radius 3 is 2.85 bits per heavy atom. The minimum Gasteiger partial charge on any atom is -0.332 e. The van der Waals surface area contributed by atoms with Crippen LogP contribution in [0.3, 0.4) is 0 Å². The van der Waals surface area contributed by atoms with Gasteiger partial charge in [-0.3, -0.25) is 14.3 Å². The summed E-state index contributed by atoms with van der Waals surface area (Å²) in [5.41, 5.74) is 1.03. The normalized spacial score (nSPS) is 19.5. The molecule has 1 saturated heterocycles. The van der Waals surface area contributed by atoms with Crippen LogP contribution in [0.25, 0.3) is 0 Å². The molecule has 3 rings (SSSR count). The molecule has 140 valence electrons. The van der Waals surface area contributed by atoms with E-state index in [0.717, 1.165) is 0 Å². The quantitative estimate of drug-likeness (QED) is 0.766. The summed E-state index contributed by atoms with van der Waals surface area (Å²) in [7, 11) is -3.23. The lowest BCUT2D eigenvalue weighted by atomic mass is 10.1. The van der Waals surface area contributed by atoms with Crippen molar-refractivity contribution in [1.82, 2.24) is 19.2 Å². The Morgan fingerprint density at radius 1 is 1.38 bits per heavy atom. The predicted molar refractivity (Wildman–Crippen MR) is 96.4 cm³/mol. The molecule has 0 aromatic carbocycles. The van der Waals surface area contributed by atoms with Crippen molar-refractivity contribution in [3.8, 4) is 0 Å². The zero-order valence-electron chi connectivity index (χ0n) is 14.8. The molecule has 0 spiro atoms. The van der Waals surface area contributed by atoms with Gasteiger partial charge in [-0.25, -0.2) is 8.42 Å². The van der Waals surface area contributed by atoms with E-state index in [9.17, 15) is 18.0 Å². The molecule has 0 saturated carbocycles. The topological polar surface area (TPSA) is 94.3 Å². The van der Waals surface area contributed by atoms with Gasteiger partial charge in [0.25, 0.3) is 5.56 Å². The van der Waals surface area contributed by atoms with E-state index in [1.165, 1.54) is 4.57 Å². The van der Waals surface area contributed by atoms with Gasteiger partial charge >= 0.3 is 0 Å². The molecule has 9 heteroatoms. The molecule has 2 aromatic heterocycles. The van der Waals surface area contributed by atoms with Gasteiger partial charge in [-0.2, -0.15) is 5.10 Å². The molecule has 1 amide bonds. The molecule has 26 heavy (non-hydrogen) atoms. The molecular formula is C17H22N4O4S. The minimum atomic E-state index is -3.23. The number of amides is 1. The van der Waals surface area contributed by atoms with Crippen LogP contribution in [-0.4, -0.2) is 51.6 Å². The summed E-state index contributed by atoms with van der Waals surface area (Å²) in [6.45, 7) is 4.29. The fourth-order valence-electron chi connectivity index (χ4n) is 3.12. The Kier molecular flexibility index (Phi) is 4.99. The molecule has 8 nitrogen and oxygen atoms in total. The fraction of sp³-hybridized carbons (Fsp3) is 0.471. The van der Waals surface area contributed by atoms with Gasteiger partial charge in [-0.05, 0) is 19.9 Å². The SMILES string of the molecule is CCn1cc([C@H]2CS(=O)(=O)CCN2C(=O)Cn2cccc(C)c2=O)cn1. The number of aryl methyl sites for hydroxylation is 2. The number of aromatic nitrogens is 3. The summed E-state index contributed by atoms with van der Waals surface area (Å²) in [6.07, 6.45) is 4.94. The zero-order chi connectivity index (χ0) is 18.9. The highest BCUT2D eigenvalue weighted by Crippen LogP contribution is 2.27. The summed E-state index contributed by atoms with van der Waals surface area (Å²) in [5.74, 6) is -0.474. The zero-order valence-corrected chi connectivity index (χ0v) is 15.6. The smallest absolute Gasteiger partial charge is 0.253 e. The van der Waals surface area contributed by atoms with Crippen molar-refractivity contribution in [3.05, 3.63) is 52.2 Å². The molecule has 1 fully saturated rings. The van der Waals surface area contributed by atoms with Gasteiger partial charge in [0, 0.05) is 36.6 Å². The van der Waals surface area contributed by atoms with Crippen LogP contribution in [0.2, 0.25) is 0 Å². The Labute approximate surface area is 152 Å². The average molecular weight is 378 g/mol. The molecule has 1 atom stereocenters. The Bertz CT molecular complexity index is 977. The third kappa shape index (κ3) is 3.72. The lowest BCUT2D eigenvalue weighted by Gasteiger charge is -2.35. The van der Waals surface area contributed by atoms with Crippen molar-refractivity contribution in [1.29, 1.82) is 0 Å². The number of rotatable bonds is 4. The monoisotopic (exact) mass is 378 g/mol. The Hall–Kier alpha value is -2.42. The maximum absolute atomic E-state index is 12.8. The number of nitrogens with zero attached hydrogens (tertiary/aromatic N) is 4. The minimum absolute atomic E-state index is 0.0696. The van der Waals surface area contributed by atoms with Gasteiger partial charge < -0.3 is 9.47 Å². The second-order valence-corrected chi connectivity index (χ2v) is 8.70. The predicted octanol–water partition coefficient (Wildman–Crippen LogP) is 0.371. The lowest BCUT2D eigenvalue weighted by molar-refractivity contribution is -0.133. The molecule has 0 radical (unpaired) electrons. The van der Waals surface area contributed by atoms with Crippen molar-refractivity contribution in [2.75, 3.05) is 18.1 Å². The molecule has 1 aliphatic heterocycles. The van der Waals surface area contributed by atoms with E-state index >= 15 is 0 Å². The Balaban J connectivity index is 1.88. The van der Waals surface area contributed by atoms with Crippen LogP contribution in [-0.2, 0) is 27.7 Å². The third-order valence-electron chi connectivity index (χ3n) is 4.63. The van der Waals surface area contributed by atoms with E-state index in [-0.39, 0.29) is 36.1 Å². The first kappa shape index (κ1) is 18.4. The lowest BCUT2D eigenvalue weighted by Crippen LogP contribution is -2.47. The molecule has 3 heterocycles. The van der Waals surface area contributed by atoms with Gasteiger partial charge in [0.1, 0.15) is 6.54 Å². The van der Waals surface area contributed by atoms with Gasteiger partial charge in [0.15, 0.2) is 9.84 Å². The number of hydrogen-bond donors (Lipinski definition) is 0. The van der Waals surface area contributed by atoms with Crippen molar-refractivity contribution in [2.24, 2.45) is 0 Å². The first-order valence-electron chi connectivity index (χ1n) is 8.49. The molecule has 0 N–H and O–H groups in total. The maximum Gasteiger partial charge on any atom is 0.253 e. The summed E-state index contributed by atoms with van der Waals surface area (Å²) in [6, 6.07) is 2.83. The largest absolute Gasteiger partial charge is 0.332 e. The number of sulfone groups is 1. The van der Waals surface area contributed by atoms with E-state index < -0.39 is 15.9 Å². The van der Waals surface area contributed by atoms with E-state index in [1.54, 1.807) is 47.2 Å². The van der Waals surface area contributed by atoms with Gasteiger partial charge in [0.2, 0.25) is 5.91 Å². The van der Waals surface area contributed by atoms with Crippen LogP contribution in [0.15, 0.2) is 35.5 Å². The summed E-state index contributed by atoms with van der Waals surface area (Å²) >= 11 is 0. The molecular weight excluding hydrogens is 356 g/mol. The number of carbonyl (C=O) groups is 1. The third-order valence-corrected chi connectivity index (χ3v) is 6.26. The molecule has 0 bridgehead atoms. The highest BCUT2D eigenvalue weighted by Gasteiger charge is 2.35. The van der Waals surface area contributed by atoms with Gasteiger partial charge in [-0.15, -0.1) is 0 Å². The summed E-state index contributed by atoms with van der Waals surface area (Å²) < 4.78 is 27.3. The first-order chi connectivity index (χ1) is 12.3.